The zero-order valence-corrected chi connectivity index (χ0v) is 11.2. The maximum Gasteiger partial charge on any atom is 0.150 e. The Labute approximate surface area is 119 Å². The first-order valence-electron chi connectivity index (χ1n) is 4.89. The quantitative estimate of drug-likeness (QED) is 0.877. The molecule has 90 valence electrons. The number of aromatic nitrogens is 1. The zero-order chi connectivity index (χ0) is 13.1. The highest BCUT2D eigenvalue weighted by molar-refractivity contribution is 6.39. The number of nitrogens with zero attached hydrogens (tertiary/aromatic N) is 2. The lowest BCUT2D eigenvalue weighted by Crippen LogP contribution is -1.97. The molecule has 2 aromatic rings. The Morgan fingerprint density at radius 3 is 2.39 bits per heavy atom. The average Bonchev–Trinajstić information content (AvgIpc) is 2.36. The number of anilines is 2. The van der Waals surface area contributed by atoms with Crippen LogP contribution in [0.25, 0.3) is 0 Å². The minimum Gasteiger partial charge on any atom is -0.337 e. The Balaban J connectivity index is 2.44. The van der Waals surface area contributed by atoms with Crippen molar-refractivity contribution in [1.82, 2.24) is 4.98 Å². The Morgan fingerprint density at radius 2 is 1.78 bits per heavy atom. The maximum atomic E-state index is 8.88. The van der Waals surface area contributed by atoms with E-state index in [4.69, 9.17) is 40.1 Å². The summed E-state index contributed by atoms with van der Waals surface area (Å²) >= 11 is 18.1. The van der Waals surface area contributed by atoms with E-state index in [-0.39, 0.29) is 5.02 Å². The van der Waals surface area contributed by atoms with Crippen LogP contribution in [0, 0.1) is 11.3 Å². The van der Waals surface area contributed by atoms with E-state index in [1.807, 2.05) is 6.07 Å². The van der Waals surface area contributed by atoms with Crippen molar-refractivity contribution >= 4 is 46.3 Å². The van der Waals surface area contributed by atoms with Crippen molar-refractivity contribution in [3.63, 3.8) is 0 Å². The normalized spacial score (nSPS) is 9.89. The molecule has 1 N–H and O–H groups in total. The topological polar surface area (TPSA) is 48.7 Å². The number of para-hydroxylation sites is 1. The van der Waals surface area contributed by atoms with Gasteiger partial charge in [0.15, 0.2) is 5.82 Å². The largest absolute Gasteiger partial charge is 0.337 e. The Morgan fingerprint density at radius 1 is 1.11 bits per heavy atom. The van der Waals surface area contributed by atoms with E-state index in [0.29, 0.717) is 27.1 Å². The fourth-order valence-corrected chi connectivity index (χ4v) is 2.05. The van der Waals surface area contributed by atoms with Gasteiger partial charge in [-0.25, -0.2) is 4.98 Å². The standard InChI is InChI=1S/C12H6Cl3N3/c13-8-2-1-3-9(14)11(8)18-12-10(15)7(6-16)4-5-17-12/h1-5H,(H,17,18). The summed E-state index contributed by atoms with van der Waals surface area (Å²) in [6, 6.07) is 8.62. The van der Waals surface area contributed by atoms with Crippen LogP contribution in [0.5, 0.6) is 0 Å². The van der Waals surface area contributed by atoms with Gasteiger partial charge in [0.05, 0.1) is 21.3 Å². The number of nitrogens with one attached hydrogen (secondary N) is 1. The molecule has 0 saturated heterocycles. The fraction of sp³-hybridized carbons (Fsp3) is 0. The molecule has 0 saturated carbocycles. The van der Waals surface area contributed by atoms with Crippen molar-refractivity contribution in [3.05, 3.63) is 51.1 Å². The highest BCUT2D eigenvalue weighted by Crippen LogP contribution is 2.34. The van der Waals surface area contributed by atoms with Crippen molar-refractivity contribution in [3.8, 4) is 6.07 Å². The second kappa shape index (κ2) is 5.45. The third-order valence-electron chi connectivity index (χ3n) is 2.22. The Bertz CT molecular complexity index is 615. The zero-order valence-electron chi connectivity index (χ0n) is 8.92. The van der Waals surface area contributed by atoms with Gasteiger partial charge in [-0.05, 0) is 18.2 Å². The van der Waals surface area contributed by atoms with Crippen molar-refractivity contribution in [2.24, 2.45) is 0 Å². The predicted octanol–water partition coefficient (Wildman–Crippen LogP) is 4.66. The van der Waals surface area contributed by atoms with Crippen LogP contribution in [-0.2, 0) is 0 Å². The lowest BCUT2D eigenvalue weighted by Gasteiger charge is -2.11. The first-order valence-corrected chi connectivity index (χ1v) is 6.02. The van der Waals surface area contributed by atoms with Gasteiger partial charge in [0.25, 0.3) is 0 Å². The summed E-state index contributed by atoms with van der Waals surface area (Å²) in [6.45, 7) is 0. The van der Waals surface area contributed by atoms with Crippen LogP contribution >= 0.6 is 34.8 Å². The second-order valence-electron chi connectivity index (χ2n) is 3.35. The highest BCUT2D eigenvalue weighted by Gasteiger charge is 2.11. The number of nitriles is 1. The van der Waals surface area contributed by atoms with Gasteiger partial charge in [0.1, 0.15) is 11.1 Å². The highest BCUT2D eigenvalue weighted by atomic mass is 35.5. The van der Waals surface area contributed by atoms with E-state index in [2.05, 4.69) is 10.3 Å². The molecular weight excluding hydrogens is 293 g/mol. The summed E-state index contributed by atoms with van der Waals surface area (Å²) in [6.07, 6.45) is 1.48. The maximum absolute atomic E-state index is 8.88. The van der Waals surface area contributed by atoms with Crippen LogP contribution in [0.2, 0.25) is 15.1 Å². The molecule has 18 heavy (non-hydrogen) atoms. The van der Waals surface area contributed by atoms with Gasteiger partial charge in [-0.2, -0.15) is 5.26 Å². The first-order chi connectivity index (χ1) is 8.63. The number of hydrogen-bond donors (Lipinski definition) is 1. The SMILES string of the molecule is N#Cc1ccnc(Nc2c(Cl)cccc2Cl)c1Cl. The lowest BCUT2D eigenvalue weighted by atomic mass is 10.2. The smallest absolute Gasteiger partial charge is 0.150 e. The molecule has 0 aliphatic rings. The summed E-state index contributed by atoms with van der Waals surface area (Å²) in [5.41, 5.74) is 0.836. The van der Waals surface area contributed by atoms with Gasteiger partial charge in [0.2, 0.25) is 0 Å². The summed E-state index contributed by atoms with van der Waals surface area (Å²) in [7, 11) is 0. The predicted molar refractivity (Wildman–Crippen MR) is 73.7 cm³/mol. The Hall–Kier alpha value is -1.47. The molecule has 0 aliphatic carbocycles. The summed E-state index contributed by atoms with van der Waals surface area (Å²) in [5.74, 6) is 0.339. The number of rotatable bonds is 2. The third-order valence-corrected chi connectivity index (χ3v) is 3.23. The number of halogens is 3. The third kappa shape index (κ3) is 2.51. The fourth-order valence-electron chi connectivity index (χ4n) is 1.35. The molecule has 2 rings (SSSR count). The first kappa shape index (κ1) is 13.0. The van der Waals surface area contributed by atoms with Gasteiger partial charge >= 0.3 is 0 Å². The van der Waals surface area contributed by atoms with Crippen LogP contribution in [0.1, 0.15) is 5.56 Å². The molecule has 1 heterocycles. The van der Waals surface area contributed by atoms with Crippen LogP contribution in [0.3, 0.4) is 0 Å². The van der Waals surface area contributed by atoms with Gasteiger partial charge < -0.3 is 5.32 Å². The van der Waals surface area contributed by atoms with Crippen LogP contribution in [0.15, 0.2) is 30.5 Å². The van der Waals surface area contributed by atoms with E-state index in [1.54, 1.807) is 18.2 Å². The van der Waals surface area contributed by atoms with E-state index in [1.165, 1.54) is 12.3 Å². The molecule has 0 radical (unpaired) electrons. The van der Waals surface area contributed by atoms with Crippen LogP contribution in [-0.4, -0.2) is 4.98 Å². The van der Waals surface area contributed by atoms with Gasteiger partial charge in [0, 0.05) is 6.20 Å². The summed E-state index contributed by atoms with van der Waals surface area (Å²) in [4.78, 5) is 4.05. The minimum absolute atomic E-state index is 0.232. The van der Waals surface area contributed by atoms with E-state index >= 15 is 0 Å². The minimum atomic E-state index is 0.232. The monoisotopic (exact) mass is 297 g/mol. The molecule has 0 fully saturated rings. The molecule has 0 unspecified atom stereocenters. The van der Waals surface area contributed by atoms with Gasteiger partial charge in [-0.3, -0.25) is 0 Å². The molecule has 1 aromatic heterocycles. The molecule has 1 aromatic carbocycles. The summed E-state index contributed by atoms with van der Waals surface area (Å²) in [5, 5.41) is 12.9. The van der Waals surface area contributed by atoms with Crippen molar-refractivity contribution in [2.75, 3.05) is 5.32 Å². The van der Waals surface area contributed by atoms with Gasteiger partial charge in [-0.1, -0.05) is 40.9 Å². The van der Waals surface area contributed by atoms with E-state index in [0.717, 1.165) is 0 Å². The van der Waals surface area contributed by atoms with E-state index in [9.17, 15) is 0 Å². The molecule has 3 nitrogen and oxygen atoms in total. The second-order valence-corrected chi connectivity index (χ2v) is 4.55. The summed E-state index contributed by atoms with van der Waals surface area (Å²) < 4.78 is 0. The van der Waals surface area contributed by atoms with Crippen molar-refractivity contribution in [1.29, 1.82) is 5.26 Å². The molecule has 0 amide bonds. The molecule has 0 aliphatic heterocycles. The number of pyridine rings is 1. The molecule has 0 spiro atoms. The number of hydrogen-bond acceptors (Lipinski definition) is 3. The molecule has 0 atom stereocenters. The Kier molecular flexibility index (Phi) is 3.93. The molecular formula is C12H6Cl3N3. The molecule has 0 bridgehead atoms. The van der Waals surface area contributed by atoms with Crippen LogP contribution < -0.4 is 5.32 Å². The van der Waals surface area contributed by atoms with E-state index < -0.39 is 0 Å². The lowest BCUT2D eigenvalue weighted by molar-refractivity contribution is 1.29. The number of benzene rings is 1. The van der Waals surface area contributed by atoms with Crippen molar-refractivity contribution < 1.29 is 0 Å². The molecule has 6 heteroatoms. The average molecular weight is 299 g/mol. The van der Waals surface area contributed by atoms with Crippen LogP contribution in [0.4, 0.5) is 11.5 Å². The van der Waals surface area contributed by atoms with Crippen molar-refractivity contribution in [2.45, 2.75) is 0 Å². The van der Waals surface area contributed by atoms with Gasteiger partial charge in [-0.15, -0.1) is 0 Å².